The minimum Gasteiger partial charge on any atom is -0.396 e. The van der Waals surface area contributed by atoms with E-state index < -0.39 is 0 Å². The van der Waals surface area contributed by atoms with Crippen molar-refractivity contribution in [3.05, 3.63) is 74.6 Å². The fourth-order valence-corrected chi connectivity index (χ4v) is 3.74. The summed E-state index contributed by atoms with van der Waals surface area (Å²) < 4.78 is 0. The van der Waals surface area contributed by atoms with E-state index in [1.54, 1.807) is 0 Å². The van der Waals surface area contributed by atoms with Gasteiger partial charge in [-0.2, -0.15) is 0 Å². The fourth-order valence-electron chi connectivity index (χ4n) is 3.47. The van der Waals surface area contributed by atoms with Crippen molar-refractivity contribution in [2.24, 2.45) is 0 Å². The first-order chi connectivity index (χ1) is 14.3. The number of aromatic nitrogens is 1. The molecule has 1 heterocycles. The summed E-state index contributed by atoms with van der Waals surface area (Å²) in [5, 5.41) is 14.2. The average molecular weight is 424 g/mol. The van der Waals surface area contributed by atoms with Gasteiger partial charge in [0.15, 0.2) is 5.11 Å². The summed E-state index contributed by atoms with van der Waals surface area (Å²) in [7, 11) is 0. The number of nitrogens with zero attached hydrogens (tertiary/aromatic N) is 1. The number of thiocarbonyl (C=S) groups is 1. The molecule has 0 radical (unpaired) electrons. The maximum absolute atomic E-state index is 12.8. The molecule has 0 spiro atoms. The van der Waals surface area contributed by atoms with Crippen LogP contribution < -0.4 is 10.9 Å². The first kappa shape index (κ1) is 22.0. The Hall–Kier alpha value is -2.70. The van der Waals surface area contributed by atoms with E-state index in [2.05, 4.69) is 34.6 Å². The number of H-pyrrole nitrogens is 1. The Morgan fingerprint density at radius 2 is 1.83 bits per heavy atom. The molecule has 0 aliphatic rings. The minimum absolute atomic E-state index is 0.0646. The Morgan fingerprint density at radius 1 is 1.10 bits per heavy atom. The number of hydrogen-bond donors (Lipinski definition) is 3. The van der Waals surface area contributed by atoms with Gasteiger partial charge in [0, 0.05) is 24.4 Å². The van der Waals surface area contributed by atoms with Crippen LogP contribution in [-0.4, -0.2) is 33.3 Å². The minimum atomic E-state index is -0.111. The van der Waals surface area contributed by atoms with Gasteiger partial charge in [0.25, 0.3) is 5.56 Å². The van der Waals surface area contributed by atoms with Gasteiger partial charge in [-0.15, -0.1) is 0 Å². The molecule has 158 valence electrons. The van der Waals surface area contributed by atoms with Crippen LogP contribution in [0.4, 0.5) is 5.69 Å². The number of nitrogens with one attached hydrogen (secondary N) is 2. The number of fused-ring (bicyclic) bond motifs is 1. The number of anilines is 1. The van der Waals surface area contributed by atoms with E-state index in [4.69, 9.17) is 12.2 Å². The molecule has 0 aliphatic carbocycles. The average Bonchev–Trinajstić information content (AvgIpc) is 2.71. The van der Waals surface area contributed by atoms with Crippen molar-refractivity contribution in [3.8, 4) is 0 Å². The molecule has 0 amide bonds. The van der Waals surface area contributed by atoms with Gasteiger partial charge >= 0.3 is 0 Å². The predicted molar refractivity (Wildman–Crippen MR) is 128 cm³/mol. The van der Waals surface area contributed by atoms with Crippen LogP contribution in [0.25, 0.3) is 10.9 Å². The zero-order valence-corrected chi connectivity index (χ0v) is 18.8. The van der Waals surface area contributed by atoms with E-state index in [-0.39, 0.29) is 12.2 Å². The van der Waals surface area contributed by atoms with Crippen LogP contribution in [0.5, 0.6) is 0 Å². The Balaban J connectivity index is 1.90. The van der Waals surface area contributed by atoms with Crippen LogP contribution in [0.3, 0.4) is 0 Å². The molecule has 3 aromatic rings. The molecule has 3 rings (SSSR count). The first-order valence-corrected chi connectivity index (χ1v) is 10.6. The van der Waals surface area contributed by atoms with E-state index >= 15 is 0 Å². The monoisotopic (exact) mass is 423 g/mol. The van der Waals surface area contributed by atoms with E-state index in [1.165, 1.54) is 0 Å². The van der Waals surface area contributed by atoms with Crippen molar-refractivity contribution in [2.45, 2.75) is 40.7 Å². The molecular formula is C24H29N3O2S. The number of hydrogen-bond acceptors (Lipinski definition) is 3. The molecule has 0 bridgehead atoms. The van der Waals surface area contributed by atoms with E-state index in [0.29, 0.717) is 30.2 Å². The zero-order valence-electron chi connectivity index (χ0n) is 18.0. The highest BCUT2D eigenvalue weighted by atomic mass is 32.1. The van der Waals surface area contributed by atoms with Crippen LogP contribution in [-0.2, 0) is 6.54 Å². The Morgan fingerprint density at radius 3 is 2.57 bits per heavy atom. The third kappa shape index (κ3) is 4.89. The van der Waals surface area contributed by atoms with Gasteiger partial charge in [0.2, 0.25) is 0 Å². The SMILES string of the molecule is Cc1ccc(C)c(NC(=S)N(CCCO)Cc2cc3ccc(C)c(C)c3[nH]c2=O)c1. The molecule has 2 aromatic carbocycles. The van der Waals surface area contributed by atoms with Gasteiger partial charge in [-0.3, -0.25) is 4.79 Å². The first-order valence-electron chi connectivity index (χ1n) is 10.2. The molecular weight excluding hydrogens is 394 g/mol. The molecule has 0 saturated heterocycles. The molecule has 0 unspecified atom stereocenters. The summed E-state index contributed by atoms with van der Waals surface area (Å²) >= 11 is 5.67. The molecule has 3 N–H and O–H groups in total. The largest absolute Gasteiger partial charge is 0.396 e. The van der Waals surface area contributed by atoms with Gasteiger partial charge in [0.05, 0.1) is 12.1 Å². The second-order valence-corrected chi connectivity index (χ2v) is 8.23. The fraction of sp³-hybridized carbons (Fsp3) is 0.333. The van der Waals surface area contributed by atoms with E-state index in [0.717, 1.165) is 38.8 Å². The van der Waals surface area contributed by atoms with Crippen molar-refractivity contribution in [1.29, 1.82) is 0 Å². The number of aliphatic hydroxyl groups is 1. The topological polar surface area (TPSA) is 68.4 Å². The number of aryl methyl sites for hydroxylation is 4. The number of aliphatic hydroxyl groups excluding tert-OH is 1. The lowest BCUT2D eigenvalue weighted by atomic mass is 10.0. The van der Waals surface area contributed by atoms with Crippen LogP contribution in [0.2, 0.25) is 0 Å². The highest BCUT2D eigenvalue weighted by Gasteiger charge is 2.15. The second-order valence-electron chi connectivity index (χ2n) is 7.84. The van der Waals surface area contributed by atoms with Gasteiger partial charge in [-0.1, -0.05) is 24.3 Å². The number of aromatic amines is 1. The standard InChI is InChI=1S/C24H29N3O2S/c1-15-6-7-17(3)21(12-15)25-24(30)27(10-5-11-28)14-20-13-19-9-8-16(2)18(4)22(19)26-23(20)29/h6-9,12-13,28H,5,10-11,14H2,1-4H3,(H,25,30)(H,26,29). The van der Waals surface area contributed by atoms with Gasteiger partial charge in [-0.25, -0.2) is 0 Å². The second kappa shape index (κ2) is 9.41. The highest BCUT2D eigenvalue weighted by Crippen LogP contribution is 2.20. The summed E-state index contributed by atoms with van der Waals surface area (Å²) in [6.45, 7) is 9.11. The van der Waals surface area contributed by atoms with Crippen LogP contribution in [0.15, 0.2) is 41.2 Å². The Labute approximate surface area is 182 Å². The van der Waals surface area contributed by atoms with E-state index in [1.807, 2.05) is 44.7 Å². The van der Waals surface area contributed by atoms with Crippen molar-refractivity contribution < 1.29 is 5.11 Å². The summed E-state index contributed by atoms with van der Waals surface area (Å²) in [6, 6.07) is 12.2. The Kier molecular flexibility index (Phi) is 6.90. The number of benzene rings is 2. The summed E-state index contributed by atoms with van der Waals surface area (Å²) in [5.74, 6) is 0. The van der Waals surface area contributed by atoms with Gasteiger partial charge in [-0.05, 0) is 86.1 Å². The summed E-state index contributed by atoms with van der Waals surface area (Å²) in [5.41, 5.74) is 6.83. The molecule has 30 heavy (non-hydrogen) atoms. The van der Waals surface area contributed by atoms with Gasteiger partial charge in [0.1, 0.15) is 0 Å². The molecule has 1 aromatic heterocycles. The molecule has 0 atom stereocenters. The van der Waals surface area contributed by atoms with Crippen molar-refractivity contribution in [1.82, 2.24) is 9.88 Å². The lowest BCUT2D eigenvalue weighted by Gasteiger charge is -2.26. The number of pyridine rings is 1. The smallest absolute Gasteiger partial charge is 0.253 e. The van der Waals surface area contributed by atoms with Crippen molar-refractivity contribution in [3.63, 3.8) is 0 Å². The molecule has 0 saturated carbocycles. The molecule has 5 nitrogen and oxygen atoms in total. The maximum Gasteiger partial charge on any atom is 0.253 e. The normalized spacial score (nSPS) is 11.0. The quantitative estimate of drug-likeness (QED) is 0.515. The molecule has 6 heteroatoms. The van der Waals surface area contributed by atoms with Crippen LogP contribution in [0.1, 0.15) is 34.2 Å². The van der Waals surface area contributed by atoms with E-state index in [9.17, 15) is 9.90 Å². The predicted octanol–water partition coefficient (Wildman–Crippen LogP) is 4.34. The number of rotatable bonds is 6. The lowest BCUT2D eigenvalue weighted by Crippen LogP contribution is -2.37. The third-order valence-corrected chi connectivity index (χ3v) is 5.86. The zero-order chi connectivity index (χ0) is 21.8. The third-order valence-electron chi connectivity index (χ3n) is 5.50. The summed E-state index contributed by atoms with van der Waals surface area (Å²) in [4.78, 5) is 17.8. The van der Waals surface area contributed by atoms with Crippen LogP contribution >= 0.6 is 12.2 Å². The van der Waals surface area contributed by atoms with Crippen molar-refractivity contribution in [2.75, 3.05) is 18.5 Å². The van der Waals surface area contributed by atoms with Crippen molar-refractivity contribution >= 4 is 33.9 Å². The Bertz CT molecular complexity index is 1140. The van der Waals surface area contributed by atoms with Gasteiger partial charge < -0.3 is 20.3 Å². The lowest BCUT2D eigenvalue weighted by molar-refractivity contribution is 0.265. The maximum atomic E-state index is 12.8. The highest BCUT2D eigenvalue weighted by molar-refractivity contribution is 7.80. The van der Waals surface area contributed by atoms with Crippen LogP contribution in [0, 0.1) is 27.7 Å². The molecule has 0 aliphatic heterocycles. The molecule has 0 fully saturated rings. The summed E-state index contributed by atoms with van der Waals surface area (Å²) in [6.07, 6.45) is 0.568.